The van der Waals surface area contributed by atoms with Crippen molar-refractivity contribution in [3.05, 3.63) is 0 Å². The van der Waals surface area contributed by atoms with Crippen LogP contribution in [0.5, 0.6) is 0 Å². The fourth-order valence-electron chi connectivity index (χ4n) is 0.946. The summed E-state index contributed by atoms with van der Waals surface area (Å²) in [5.41, 5.74) is -0.0906. The van der Waals surface area contributed by atoms with Crippen molar-refractivity contribution in [1.29, 1.82) is 0 Å². The lowest BCUT2D eigenvalue weighted by Gasteiger charge is -2.30. The van der Waals surface area contributed by atoms with Gasteiger partial charge < -0.3 is 10.6 Å². The quantitative estimate of drug-likeness (QED) is 0.637. The van der Waals surface area contributed by atoms with Gasteiger partial charge in [0.2, 0.25) is 5.91 Å². The number of hydrogen-bond acceptors (Lipinski definition) is 2. The molecule has 1 rings (SSSR count). The van der Waals surface area contributed by atoms with Crippen LogP contribution in [0, 0.1) is 5.92 Å². The molecule has 1 aliphatic rings. The lowest BCUT2D eigenvalue weighted by molar-refractivity contribution is -0.127. The van der Waals surface area contributed by atoms with Crippen molar-refractivity contribution in [3.8, 4) is 0 Å². The van der Waals surface area contributed by atoms with Crippen LogP contribution in [0.15, 0.2) is 0 Å². The highest BCUT2D eigenvalue weighted by atomic mass is 35.5. The summed E-state index contributed by atoms with van der Waals surface area (Å²) >= 11 is 0. The van der Waals surface area contributed by atoms with Crippen molar-refractivity contribution in [2.45, 2.75) is 26.3 Å². The van der Waals surface area contributed by atoms with Crippen LogP contribution in [-0.4, -0.2) is 24.5 Å². The number of rotatable bonds is 1. The molecule has 1 fully saturated rings. The molecular weight excluding hydrogens is 176 g/mol. The zero-order chi connectivity index (χ0) is 8.48. The zero-order valence-corrected chi connectivity index (χ0v) is 8.62. The first-order valence-corrected chi connectivity index (χ1v) is 4.02. The van der Waals surface area contributed by atoms with Gasteiger partial charge in [-0.15, -0.1) is 12.4 Å². The molecule has 0 radical (unpaired) electrons. The van der Waals surface area contributed by atoms with E-state index in [-0.39, 0.29) is 29.8 Å². The van der Waals surface area contributed by atoms with E-state index in [1.165, 1.54) is 0 Å². The van der Waals surface area contributed by atoms with Crippen LogP contribution in [0.4, 0.5) is 0 Å². The molecule has 12 heavy (non-hydrogen) atoms. The van der Waals surface area contributed by atoms with E-state index >= 15 is 0 Å². The second-order valence-corrected chi connectivity index (χ2v) is 4.09. The standard InChI is InChI=1S/C8H16N2O.ClH/c1-8(2,3)10-7(11)6-4-9-5-6;/h6,9H,4-5H2,1-3H3,(H,10,11);1H. The second kappa shape index (κ2) is 4.10. The summed E-state index contributed by atoms with van der Waals surface area (Å²) in [5.74, 6) is 0.380. The van der Waals surface area contributed by atoms with Gasteiger partial charge in [-0.2, -0.15) is 0 Å². The molecule has 0 aromatic carbocycles. The number of carbonyl (C=O) groups is 1. The Morgan fingerprint density at radius 2 is 1.92 bits per heavy atom. The fraction of sp³-hybridized carbons (Fsp3) is 0.875. The largest absolute Gasteiger partial charge is 0.351 e. The number of nitrogens with one attached hydrogen (secondary N) is 2. The lowest BCUT2D eigenvalue weighted by atomic mass is 10.0. The molecule has 0 saturated carbocycles. The molecule has 0 spiro atoms. The van der Waals surface area contributed by atoms with Crippen molar-refractivity contribution in [1.82, 2.24) is 10.6 Å². The van der Waals surface area contributed by atoms with Crippen molar-refractivity contribution in [2.24, 2.45) is 5.92 Å². The van der Waals surface area contributed by atoms with Crippen molar-refractivity contribution < 1.29 is 4.79 Å². The van der Waals surface area contributed by atoms with Gasteiger partial charge in [0, 0.05) is 18.6 Å². The summed E-state index contributed by atoms with van der Waals surface area (Å²) < 4.78 is 0. The highest BCUT2D eigenvalue weighted by Gasteiger charge is 2.27. The van der Waals surface area contributed by atoms with Crippen LogP contribution >= 0.6 is 12.4 Å². The molecule has 1 amide bonds. The predicted molar refractivity (Wildman–Crippen MR) is 51.5 cm³/mol. The number of amides is 1. The average Bonchev–Trinajstić information content (AvgIpc) is 1.50. The molecule has 0 aromatic rings. The minimum absolute atomic E-state index is 0. The third-order valence-electron chi connectivity index (χ3n) is 1.65. The molecule has 1 saturated heterocycles. The molecule has 3 nitrogen and oxygen atoms in total. The van der Waals surface area contributed by atoms with Gasteiger partial charge in [0.05, 0.1) is 5.92 Å². The molecule has 1 aliphatic heterocycles. The molecule has 0 atom stereocenters. The van der Waals surface area contributed by atoms with E-state index < -0.39 is 0 Å². The second-order valence-electron chi connectivity index (χ2n) is 4.09. The van der Waals surface area contributed by atoms with Crippen LogP contribution in [0.25, 0.3) is 0 Å². The van der Waals surface area contributed by atoms with Gasteiger partial charge in [0.15, 0.2) is 0 Å². The number of carbonyl (C=O) groups excluding carboxylic acids is 1. The van der Waals surface area contributed by atoms with Crippen molar-refractivity contribution in [2.75, 3.05) is 13.1 Å². The molecule has 0 aromatic heterocycles. The molecule has 0 unspecified atom stereocenters. The van der Waals surface area contributed by atoms with Gasteiger partial charge in [-0.1, -0.05) is 0 Å². The normalized spacial score (nSPS) is 17.6. The van der Waals surface area contributed by atoms with E-state index in [0.717, 1.165) is 13.1 Å². The SMILES string of the molecule is CC(C)(C)NC(=O)C1CNC1.Cl. The maximum atomic E-state index is 11.3. The summed E-state index contributed by atoms with van der Waals surface area (Å²) in [7, 11) is 0. The van der Waals surface area contributed by atoms with Gasteiger partial charge >= 0.3 is 0 Å². The fourth-order valence-corrected chi connectivity index (χ4v) is 0.946. The Labute approximate surface area is 79.7 Å². The van der Waals surface area contributed by atoms with E-state index in [0.29, 0.717) is 0 Å². The van der Waals surface area contributed by atoms with Crippen LogP contribution in [0.1, 0.15) is 20.8 Å². The summed E-state index contributed by atoms with van der Waals surface area (Å²) in [5, 5.41) is 6.01. The maximum Gasteiger partial charge on any atom is 0.226 e. The monoisotopic (exact) mass is 192 g/mol. The summed E-state index contributed by atoms with van der Waals surface area (Å²) in [6.45, 7) is 7.66. The van der Waals surface area contributed by atoms with Gasteiger partial charge in [-0.3, -0.25) is 4.79 Å². The highest BCUT2D eigenvalue weighted by molar-refractivity contribution is 5.85. The van der Waals surface area contributed by atoms with Gasteiger partial charge in [0.25, 0.3) is 0 Å². The molecular formula is C8H17ClN2O. The first-order valence-electron chi connectivity index (χ1n) is 4.02. The molecule has 0 aliphatic carbocycles. The molecule has 2 N–H and O–H groups in total. The minimum atomic E-state index is -0.0906. The minimum Gasteiger partial charge on any atom is -0.351 e. The molecule has 72 valence electrons. The van der Waals surface area contributed by atoms with Crippen molar-refractivity contribution >= 4 is 18.3 Å². The van der Waals surface area contributed by atoms with Gasteiger partial charge in [-0.05, 0) is 20.8 Å². The first kappa shape index (κ1) is 11.7. The average molecular weight is 193 g/mol. The van der Waals surface area contributed by atoms with Crippen LogP contribution in [0.2, 0.25) is 0 Å². The Morgan fingerprint density at radius 3 is 2.17 bits per heavy atom. The zero-order valence-electron chi connectivity index (χ0n) is 7.81. The maximum absolute atomic E-state index is 11.3. The van der Waals surface area contributed by atoms with E-state index in [9.17, 15) is 4.79 Å². The Bertz CT molecular complexity index is 161. The Kier molecular flexibility index (Phi) is 4.00. The third-order valence-corrected chi connectivity index (χ3v) is 1.65. The van der Waals surface area contributed by atoms with Gasteiger partial charge in [-0.25, -0.2) is 0 Å². The lowest BCUT2D eigenvalue weighted by Crippen LogP contribution is -2.54. The highest BCUT2D eigenvalue weighted by Crippen LogP contribution is 2.06. The van der Waals surface area contributed by atoms with E-state index in [2.05, 4.69) is 10.6 Å². The number of hydrogen-bond donors (Lipinski definition) is 2. The van der Waals surface area contributed by atoms with E-state index in [1.807, 2.05) is 20.8 Å². The predicted octanol–water partition coefficient (Wildman–Crippen LogP) is 0.542. The van der Waals surface area contributed by atoms with Crippen molar-refractivity contribution in [3.63, 3.8) is 0 Å². The third kappa shape index (κ3) is 3.41. The Hall–Kier alpha value is -0.280. The Morgan fingerprint density at radius 1 is 1.42 bits per heavy atom. The molecule has 0 bridgehead atoms. The summed E-state index contributed by atoms with van der Waals surface area (Å²) in [6, 6.07) is 0. The van der Waals surface area contributed by atoms with Crippen LogP contribution in [-0.2, 0) is 4.79 Å². The topological polar surface area (TPSA) is 41.1 Å². The molecule has 1 heterocycles. The summed E-state index contributed by atoms with van der Waals surface area (Å²) in [6.07, 6.45) is 0. The first-order chi connectivity index (χ1) is 4.99. The Balaban J connectivity index is 0.00000121. The summed E-state index contributed by atoms with van der Waals surface area (Å²) in [4.78, 5) is 11.3. The van der Waals surface area contributed by atoms with E-state index in [1.54, 1.807) is 0 Å². The number of halogens is 1. The van der Waals surface area contributed by atoms with Gasteiger partial charge in [0.1, 0.15) is 0 Å². The molecule has 4 heteroatoms. The van der Waals surface area contributed by atoms with Crippen LogP contribution < -0.4 is 10.6 Å². The van der Waals surface area contributed by atoms with E-state index in [4.69, 9.17) is 0 Å². The smallest absolute Gasteiger partial charge is 0.226 e. The van der Waals surface area contributed by atoms with Crippen LogP contribution in [0.3, 0.4) is 0 Å².